The van der Waals surface area contributed by atoms with Gasteiger partial charge in [0, 0.05) is 28.3 Å². The Hall–Kier alpha value is -2.69. The van der Waals surface area contributed by atoms with Gasteiger partial charge in [0.05, 0.1) is 17.4 Å². The first kappa shape index (κ1) is 19.0. The number of aromatic amines is 1. The largest absolute Gasteiger partial charge is 0.464 e. The Bertz CT molecular complexity index is 1390. The van der Waals surface area contributed by atoms with E-state index in [1.807, 2.05) is 17.5 Å². The van der Waals surface area contributed by atoms with E-state index in [2.05, 4.69) is 42.2 Å². The predicted molar refractivity (Wildman–Crippen MR) is 123 cm³/mol. The first-order valence-electron chi connectivity index (χ1n) is 9.89. The van der Waals surface area contributed by atoms with Crippen molar-refractivity contribution in [3.8, 4) is 11.3 Å². The normalized spacial score (nSPS) is 13.9. The van der Waals surface area contributed by atoms with Crippen LogP contribution in [0.1, 0.15) is 35.4 Å². The molecule has 156 valence electrons. The van der Waals surface area contributed by atoms with Crippen molar-refractivity contribution in [2.24, 2.45) is 0 Å². The fraction of sp³-hybridized carbons (Fsp3) is 0.238. The zero-order valence-electron chi connectivity index (χ0n) is 16.3. The zero-order chi connectivity index (χ0) is 20.8. The molecule has 10 heteroatoms. The second-order valence-electron chi connectivity index (χ2n) is 7.36. The smallest absolute Gasteiger partial charge is 0.260 e. The molecule has 5 aromatic rings. The zero-order valence-corrected chi connectivity index (χ0v) is 18.7. The van der Waals surface area contributed by atoms with Gasteiger partial charge in [-0.15, -0.1) is 32.9 Å². The average Bonchev–Trinajstić information content (AvgIpc) is 3.25. The number of fused-ring (bicyclic) bond motifs is 1. The molecular formula is C21H17N5O2S3. The summed E-state index contributed by atoms with van der Waals surface area (Å²) in [5.41, 5.74) is 0.639. The highest BCUT2D eigenvalue weighted by Gasteiger charge is 2.30. The Labute approximate surface area is 189 Å². The highest BCUT2D eigenvalue weighted by molar-refractivity contribution is 7.98. The van der Waals surface area contributed by atoms with Crippen LogP contribution in [-0.2, 0) is 12.2 Å². The van der Waals surface area contributed by atoms with E-state index in [-0.39, 0.29) is 5.56 Å². The van der Waals surface area contributed by atoms with Crippen LogP contribution in [-0.4, -0.2) is 24.7 Å². The van der Waals surface area contributed by atoms with Crippen molar-refractivity contribution in [2.45, 2.75) is 36.2 Å². The lowest BCUT2D eigenvalue weighted by Gasteiger charge is -2.08. The molecule has 6 rings (SSSR count). The van der Waals surface area contributed by atoms with Crippen molar-refractivity contribution >= 4 is 44.7 Å². The third-order valence-electron chi connectivity index (χ3n) is 5.18. The van der Waals surface area contributed by atoms with Crippen LogP contribution in [0.2, 0.25) is 0 Å². The SMILES string of the molecule is O=c1[nH]c(CSc2nnc(Cc3cccs3)n2C2CC2)nc2scc(-c3ccco3)c12. The van der Waals surface area contributed by atoms with Gasteiger partial charge in [-0.25, -0.2) is 4.98 Å². The highest BCUT2D eigenvalue weighted by Crippen LogP contribution is 2.40. The summed E-state index contributed by atoms with van der Waals surface area (Å²) in [4.78, 5) is 22.4. The van der Waals surface area contributed by atoms with Crippen LogP contribution in [0.15, 0.2) is 55.7 Å². The molecule has 5 heterocycles. The summed E-state index contributed by atoms with van der Waals surface area (Å²) in [5.74, 6) is 2.85. The summed E-state index contributed by atoms with van der Waals surface area (Å²) in [5, 5.41) is 14.4. The van der Waals surface area contributed by atoms with Gasteiger partial charge in [0.15, 0.2) is 5.16 Å². The molecule has 0 aromatic carbocycles. The van der Waals surface area contributed by atoms with Gasteiger partial charge in [0.1, 0.15) is 22.2 Å². The minimum absolute atomic E-state index is 0.143. The number of hydrogen-bond donors (Lipinski definition) is 1. The first-order chi connectivity index (χ1) is 15.3. The van der Waals surface area contributed by atoms with E-state index in [1.165, 1.54) is 16.2 Å². The summed E-state index contributed by atoms with van der Waals surface area (Å²) in [6, 6.07) is 8.34. The number of thiophene rings is 2. The van der Waals surface area contributed by atoms with E-state index in [1.54, 1.807) is 29.4 Å². The standard InChI is InChI=1S/C21H17N5O2S3/c27-19-18-14(15-4-1-7-28-15)10-30-20(18)23-16(22-19)11-31-21-25-24-17(26(21)12-5-6-12)9-13-3-2-8-29-13/h1-4,7-8,10,12H,5-6,9,11H2,(H,22,23,27). The van der Waals surface area contributed by atoms with Crippen LogP contribution >= 0.6 is 34.4 Å². The van der Waals surface area contributed by atoms with Crippen LogP contribution in [0, 0.1) is 0 Å². The monoisotopic (exact) mass is 467 g/mol. The molecule has 0 aliphatic heterocycles. The molecule has 1 N–H and O–H groups in total. The quantitative estimate of drug-likeness (QED) is 0.334. The maximum atomic E-state index is 12.8. The number of hydrogen-bond acceptors (Lipinski definition) is 8. The molecule has 0 amide bonds. The van der Waals surface area contributed by atoms with Crippen molar-refractivity contribution in [1.82, 2.24) is 24.7 Å². The van der Waals surface area contributed by atoms with E-state index in [0.717, 1.165) is 35.8 Å². The van der Waals surface area contributed by atoms with Gasteiger partial charge in [0.2, 0.25) is 0 Å². The number of nitrogens with zero attached hydrogens (tertiary/aromatic N) is 4. The topological polar surface area (TPSA) is 89.6 Å². The molecule has 0 atom stereocenters. The Morgan fingerprint density at radius 3 is 2.94 bits per heavy atom. The van der Waals surface area contributed by atoms with Crippen molar-refractivity contribution in [2.75, 3.05) is 0 Å². The van der Waals surface area contributed by atoms with Crippen LogP contribution in [0.5, 0.6) is 0 Å². The Balaban J connectivity index is 1.26. The number of nitrogens with one attached hydrogen (secondary N) is 1. The highest BCUT2D eigenvalue weighted by atomic mass is 32.2. The van der Waals surface area contributed by atoms with Crippen molar-refractivity contribution in [1.29, 1.82) is 0 Å². The maximum absolute atomic E-state index is 12.8. The minimum atomic E-state index is -0.143. The maximum Gasteiger partial charge on any atom is 0.260 e. The minimum Gasteiger partial charge on any atom is -0.464 e. The van der Waals surface area contributed by atoms with Crippen LogP contribution in [0.4, 0.5) is 0 Å². The number of furan rings is 1. The lowest BCUT2D eigenvalue weighted by atomic mass is 10.2. The first-order valence-corrected chi connectivity index (χ1v) is 12.6. The van der Waals surface area contributed by atoms with E-state index < -0.39 is 0 Å². The van der Waals surface area contributed by atoms with Gasteiger partial charge in [0.25, 0.3) is 5.56 Å². The summed E-state index contributed by atoms with van der Waals surface area (Å²) in [6.07, 6.45) is 4.73. The molecule has 1 fully saturated rings. The van der Waals surface area contributed by atoms with Gasteiger partial charge in [-0.05, 0) is 36.4 Å². The summed E-state index contributed by atoms with van der Waals surface area (Å²) < 4.78 is 7.73. The lowest BCUT2D eigenvalue weighted by molar-refractivity contribution is 0.583. The number of H-pyrrole nitrogens is 1. The van der Waals surface area contributed by atoms with Crippen molar-refractivity contribution in [3.05, 3.63) is 68.2 Å². The Kier molecular flexibility index (Phi) is 4.77. The van der Waals surface area contributed by atoms with Gasteiger partial charge in [-0.2, -0.15) is 0 Å². The van der Waals surface area contributed by atoms with Crippen LogP contribution < -0.4 is 5.56 Å². The summed E-state index contributed by atoms with van der Waals surface area (Å²) in [7, 11) is 0. The van der Waals surface area contributed by atoms with E-state index in [9.17, 15) is 4.79 Å². The Morgan fingerprint density at radius 2 is 2.16 bits per heavy atom. The molecule has 5 aromatic heterocycles. The molecule has 7 nitrogen and oxygen atoms in total. The van der Waals surface area contributed by atoms with Gasteiger partial charge in [-0.3, -0.25) is 4.79 Å². The Morgan fingerprint density at radius 1 is 1.23 bits per heavy atom. The average molecular weight is 468 g/mol. The third-order valence-corrected chi connectivity index (χ3v) is 7.88. The predicted octanol–water partition coefficient (Wildman–Crippen LogP) is 5.12. The van der Waals surface area contributed by atoms with Crippen LogP contribution in [0.3, 0.4) is 0 Å². The van der Waals surface area contributed by atoms with Crippen LogP contribution in [0.25, 0.3) is 21.5 Å². The van der Waals surface area contributed by atoms with E-state index in [0.29, 0.717) is 33.6 Å². The molecule has 1 aliphatic rings. The number of thioether (sulfide) groups is 1. The van der Waals surface area contributed by atoms with E-state index in [4.69, 9.17) is 4.42 Å². The second kappa shape index (κ2) is 7.77. The number of rotatable bonds is 7. The lowest BCUT2D eigenvalue weighted by Crippen LogP contribution is -2.11. The molecule has 0 bridgehead atoms. The van der Waals surface area contributed by atoms with E-state index >= 15 is 0 Å². The summed E-state index contributed by atoms with van der Waals surface area (Å²) in [6.45, 7) is 0. The van der Waals surface area contributed by atoms with Gasteiger partial charge in [-0.1, -0.05) is 17.8 Å². The molecule has 1 saturated carbocycles. The summed E-state index contributed by atoms with van der Waals surface area (Å²) >= 11 is 4.76. The van der Waals surface area contributed by atoms with Gasteiger partial charge >= 0.3 is 0 Å². The molecule has 31 heavy (non-hydrogen) atoms. The fourth-order valence-corrected chi connectivity index (χ4v) is 6.15. The molecular weight excluding hydrogens is 450 g/mol. The molecule has 0 unspecified atom stereocenters. The van der Waals surface area contributed by atoms with Gasteiger partial charge < -0.3 is 14.0 Å². The second-order valence-corrected chi connectivity index (χ2v) is 10.2. The molecule has 0 radical (unpaired) electrons. The molecule has 1 aliphatic carbocycles. The fourth-order valence-electron chi connectivity index (χ4n) is 3.60. The molecule has 0 spiro atoms. The molecule has 0 saturated heterocycles. The number of aromatic nitrogens is 5. The van der Waals surface area contributed by atoms with Crippen molar-refractivity contribution < 1.29 is 4.42 Å². The van der Waals surface area contributed by atoms with Crippen molar-refractivity contribution in [3.63, 3.8) is 0 Å². The third kappa shape index (κ3) is 3.64.